The minimum absolute atomic E-state index is 0.116. The zero-order chi connectivity index (χ0) is 24.5. The number of rotatable bonds is 10. The molecule has 178 valence electrons. The third-order valence-electron chi connectivity index (χ3n) is 5.16. The van der Waals surface area contributed by atoms with Crippen LogP contribution in [0.25, 0.3) is 0 Å². The Morgan fingerprint density at radius 2 is 1.66 bits per heavy atom. The van der Waals surface area contributed by atoms with Gasteiger partial charge in [-0.3, -0.25) is 9.59 Å². The smallest absolute Gasteiger partial charge is 0.273 e. The Morgan fingerprint density at radius 1 is 0.914 bits per heavy atom. The van der Waals surface area contributed by atoms with Crippen LogP contribution in [0, 0.1) is 0 Å². The lowest BCUT2D eigenvalue weighted by atomic mass is 10.1. The summed E-state index contributed by atoms with van der Waals surface area (Å²) in [6.07, 6.45) is 1.72. The van der Waals surface area contributed by atoms with Crippen LogP contribution in [0.4, 0.5) is 5.69 Å². The molecule has 0 saturated carbocycles. The first-order valence-corrected chi connectivity index (χ1v) is 11.5. The number of amides is 2. The second-order valence-corrected chi connectivity index (χ2v) is 8.23. The molecule has 0 atom stereocenters. The van der Waals surface area contributed by atoms with Crippen molar-refractivity contribution in [3.63, 3.8) is 0 Å². The summed E-state index contributed by atoms with van der Waals surface area (Å²) in [7, 11) is 0. The predicted octanol–water partition coefficient (Wildman–Crippen LogP) is 5.52. The van der Waals surface area contributed by atoms with Crippen molar-refractivity contribution in [1.29, 1.82) is 0 Å². The Kier molecular flexibility index (Phi) is 8.14. The summed E-state index contributed by atoms with van der Waals surface area (Å²) in [5.41, 5.74) is 2.59. The lowest BCUT2D eigenvalue weighted by Gasteiger charge is -2.07. The molecule has 0 radical (unpaired) electrons. The second-order valence-electron chi connectivity index (χ2n) is 7.80. The topological polar surface area (TPSA) is 93.5 Å². The molecule has 0 aliphatic carbocycles. The van der Waals surface area contributed by atoms with Gasteiger partial charge in [-0.1, -0.05) is 47.1 Å². The van der Waals surface area contributed by atoms with Gasteiger partial charge in [-0.2, -0.15) is 0 Å². The molecule has 0 saturated heterocycles. The minimum atomic E-state index is -0.283. The fourth-order valence-corrected chi connectivity index (χ4v) is 3.44. The number of ether oxygens (including phenoxy) is 1. The van der Waals surface area contributed by atoms with E-state index in [4.69, 9.17) is 20.9 Å². The highest BCUT2D eigenvalue weighted by molar-refractivity contribution is 6.30. The van der Waals surface area contributed by atoms with Gasteiger partial charge in [0.05, 0.1) is 0 Å². The number of halogens is 1. The fraction of sp³-hybridized carbons (Fsp3) is 0.148. The molecule has 0 bridgehead atoms. The van der Waals surface area contributed by atoms with Gasteiger partial charge in [-0.05, 0) is 66.9 Å². The Bertz CT molecular complexity index is 1260. The fourth-order valence-electron chi connectivity index (χ4n) is 3.31. The van der Waals surface area contributed by atoms with Crippen LogP contribution in [0.2, 0.25) is 5.02 Å². The van der Waals surface area contributed by atoms with Crippen LogP contribution in [-0.2, 0) is 13.0 Å². The number of hydrogen-bond donors (Lipinski definition) is 2. The Hall–Kier alpha value is -4.10. The Morgan fingerprint density at radius 3 is 2.40 bits per heavy atom. The first-order chi connectivity index (χ1) is 17.1. The summed E-state index contributed by atoms with van der Waals surface area (Å²) >= 11 is 5.85. The molecule has 4 rings (SSSR count). The minimum Gasteiger partial charge on any atom is -0.486 e. The summed E-state index contributed by atoms with van der Waals surface area (Å²) in [4.78, 5) is 24.6. The molecule has 4 aromatic rings. The van der Waals surface area contributed by atoms with Crippen molar-refractivity contribution in [2.75, 3.05) is 11.9 Å². The molecule has 7 nitrogen and oxygen atoms in total. The summed E-state index contributed by atoms with van der Waals surface area (Å²) in [5, 5.41) is 10.1. The molecule has 2 amide bonds. The molecule has 0 aliphatic rings. The highest BCUT2D eigenvalue weighted by atomic mass is 35.5. The van der Waals surface area contributed by atoms with Crippen molar-refractivity contribution in [2.24, 2.45) is 0 Å². The standard InChI is InChI=1S/C27H24ClN3O4/c28-21-10-8-20(9-11-21)26(32)30-22-12-14-23(15-13-22)34-18-24-17-25(31-35-24)27(33)29-16-4-7-19-5-2-1-3-6-19/h1-3,5-6,8-15,17H,4,7,16,18H2,(H,29,33)(H,30,32). The highest BCUT2D eigenvalue weighted by Gasteiger charge is 2.13. The van der Waals surface area contributed by atoms with Gasteiger partial charge in [0.2, 0.25) is 0 Å². The van der Waals surface area contributed by atoms with Crippen LogP contribution < -0.4 is 15.4 Å². The van der Waals surface area contributed by atoms with Crippen molar-refractivity contribution in [1.82, 2.24) is 10.5 Å². The van der Waals surface area contributed by atoms with Crippen LogP contribution in [0.5, 0.6) is 5.75 Å². The van der Waals surface area contributed by atoms with E-state index in [9.17, 15) is 9.59 Å². The van der Waals surface area contributed by atoms with Crippen LogP contribution in [0.1, 0.15) is 38.6 Å². The quantitative estimate of drug-likeness (QED) is 0.286. The molecule has 0 aliphatic heterocycles. The molecule has 0 fully saturated rings. The lowest BCUT2D eigenvalue weighted by molar-refractivity contribution is 0.0943. The lowest BCUT2D eigenvalue weighted by Crippen LogP contribution is -2.25. The van der Waals surface area contributed by atoms with Crippen molar-refractivity contribution < 1.29 is 18.8 Å². The number of carbonyl (C=O) groups is 2. The van der Waals surface area contributed by atoms with Gasteiger partial charge in [0.1, 0.15) is 12.4 Å². The zero-order valence-electron chi connectivity index (χ0n) is 18.9. The largest absolute Gasteiger partial charge is 0.486 e. The first-order valence-electron chi connectivity index (χ1n) is 11.1. The maximum atomic E-state index is 12.3. The third-order valence-corrected chi connectivity index (χ3v) is 5.41. The van der Waals surface area contributed by atoms with E-state index in [0.29, 0.717) is 34.3 Å². The molecule has 1 heterocycles. The maximum Gasteiger partial charge on any atom is 0.273 e. The van der Waals surface area contributed by atoms with E-state index in [1.165, 1.54) is 5.56 Å². The van der Waals surface area contributed by atoms with Crippen molar-refractivity contribution in [3.05, 3.63) is 113 Å². The van der Waals surface area contributed by atoms with Crippen molar-refractivity contribution in [2.45, 2.75) is 19.4 Å². The number of benzene rings is 3. The highest BCUT2D eigenvalue weighted by Crippen LogP contribution is 2.19. The van der Waals surface area contributed by atoms with E-state index in [1.54, 1.807) is 54.6 Å². The van der Waals surface area contributed by atoms with E-state index in [0.717, 1.165) is 12.8 Å². The number of aromatic nitrogens is 1. The molecule has 0 unspecified atom stereocenters. The van der Waals surface area contributed by atoms with E-state index < -0.39 is 0 Å². The number of nitrogens with one attached hydrogen (secondary N) is 2. The average molecular weight is 490 g/mol. The number of hydrogen-bond acceptors (Lipinski definition) is 5. The molecule has 35 heavy (non-hydrogen) atoms. The summed E-state index contributed by atoms with van der Waals surface area (Å²) in [5.74, 6) is 0.495. The van der Waals surface area contributed by atoms with Gasteiger partial charge in [0, 0.05) is 28.9 Å². The van der Waals surface area contributed by atoms with Crippen LogP contribution in [-0.4, -0.2) is 23.5 Å². The van der Waals surface area contributed by atoms with E-state index in [2.05, 4.69) is 27.9 Å². The second kappa shape index (κ2) is 11.9. The van der Waals surface area contributed by atoms with Crippen molar-refractivity contribution in [3.8, 4) is 5.75 Å². The molecule has 1 aromatic heterocycles. The SMILES string of the molecule is O=C(Nc1ccc(OCc2cc(C(=O)NCCCc3ccccc3)no2)cc1)c1ccc(Cl)cc1. The Labute approximate surface area is 208 Å². The van der Waals surface area contributed by atoms with E-state index in [1.807, 2.05) is 18.2 Å². The number of nitrogens with zero attached hydrogens (tertiary/aromatic N) is 1. The first kappa shape index (κ1) is 24.0. The molecular formula is C27H24ClN3O4. The van der Waals surface area contributed by atoms with Gasteiger partial charge in [0.15, 0.2) is 11.5 Å². The average Bonchev–Trinajstić information content (AvgIpc) is 3.36. The van der Waals surface area contributed by atoms with Crippen LogP contribution in [0.15, 0.2) is 89.5 Å². The van der Waals surface area contributed by atoms with Gasteiger partial charge in [-0.25, -0.2) is 0 Å². The summed E-state index contributed by atoms with van der Waals surface area (Å²) < 4.78 is 10.9. The van der Waals surface area contributed by atoms with Gasteiger partial charge >= 0.3 is 0 Å². The zero-order valence-corrected chi connectivity index (χ0v) is 19.6. The molecular weight excluding hydrogens is 466 g/mol. The van der Waals surface area contributed by atoms with E-state index in [-0.39, 0.29) is 24.1 Å². The molecule has 3 aromatic carbocycles. The monoisotopic (exact) mass is 489 g/mol. The van der Waals surface area contributed by atoms with Gasteiger partial charge in [-0.15, -0.1) is 0 Å². The van der Waals surface area contributed by atoms with Gasteiger partial charge in [0.25, 0.3) is 11.8 Å². The normalized spacial score (nSPS) is 10.5. The molecule has 0 spiro atoms. The third kappa shape index (κ3) is 7.19. The molecule has 2 N–H and O–H groups in total. The van der Waals surface area contributed by atoms with Gasteiger partial charge < -0.3 is 19.9 Å². The molecule has 8 heteroatoms. The Balaban J connectivity index is 1.20. The van der Waals surface area contributed by atoms with Crippen molar-refractivity contribution >= 4 is 29.1 Å². The number of anilines is 1. The van der Waals surface area contributed by atoms with E-state index >= 15 is 0 Å². The summed E-state index contributed by atoms with van der Waals surface area (Å²) in [6.45, 7) is 0.665. The summed E-state index contributed by atoms with van der Waals surface area (Å²) in [6, 6.07) is 25.3. The number of carbonyl (C=O) groups excluding carboxylic acids is 2. The number of aryl methyl sites for hydroxylation is 1. The van der Waals surface area contributed by atoms with Crippen LogP contribution >= 0.6 is 11.6 Å². The van der Waals surface area contributed by atoms with Crippen LogP contribution in [0.3, 0.4) is 0 Å². The predicted molar refractivity (Wildman–Crippen MR) is 134 cm³/mol. The maximum absolute atomic E-state index is 12.3.